The monoisotopic (exact) mass is 460 g/mol. The Morgan fingerprint density at radius 3 is 1.41 bits per heavy atom. The summed E-state index contributed by atoms with van der Waals surface area (Å²) in [6, 6.07) is 10.5. The Kier molecular flexibility index (Phi) is 6.51. The third-order valence-electron chi connectivity index (χ3n) is 6.83. The first-order valence-electron chi connectivity index (χ1n) is 11.9. The van der Waals surface area contributed by atoms with Crippen LogP contribution in [0.1, 0.15) is 71.6 Å². The number of phenolic OH excluding ortho intramolecular Hbond substituents is 2. The number of benzene rings is 2. The lowest BCUT2D eigenvalue weighted by Crippen LogP contribution is -2.04. The van der Waals surface area contributed by atoms with E-state index in [9.17, 15) is 19.8 Å². The quantitative estimate of drug-likeness (QED) is 0.227. The van der Waals surface area contributed by atoms with Crippen molar-refractivity contribution in [1.82, 2.24) is 9.13 Å². The molecule has 4 rings (SSSR count). The van der Waals surface area contributed by atoms with E-state index < -0.39 is 0 Å². The van der Waals surface area contributed by atoms with Crippen LogP contribution in [0.25, 0.3) is 21.8 Å². The molecule has 2 N–H and O–H groups in total. The van der Waals surface area contributed by atoms with Crippen LogP contribution < -0.4 is 0 Å². The van der Waals surface area contributed by atoms with Gasteiger partial charge in [-0.1, -0.05) is 12.8 Å². The Hall–Kier alpha value is -3.54. The number of hydrogen-bond donors (Lipinski definition) is 2. The highest BCUT2D eigenvalue weighted by atomic mass is 16.3. The Bertz CT molecular complexity index is 1300. The topological polar surface area (TPSA) is 84.5 Å². The molecule has 4 aromatic rings. The van der Waals surface area contributed by atoms with Gasteiger partial charge in [0.2, 0.25) is 0 Å². The van der Waals surface area contributed by atoms with Gasteiger partial charge in [-0.2, -0.15) is 0 Å². The van der Waals surface area contributed by atoms with Crippen LogP contribution >= 0.6 is 0 Å². The van der Waals surface area contributed by atoms with E-state index in [0.717, 1.165) is 72.0 Å². The van der Waals surface area contributed by atoms with E-state index in [4.69, 9.17) is 0 Å². The maximum absolute atomic E-state index is 12.2. The van der Waals surface area contributed by atoms with Gasteiger partial charge in [0.25, 0.3) is 0 Å². The molecule has 178 valence electrons. The number of Topliss-reactive ketones (excluding diaryl/α,β-unsaturated/α-hetero) is 2. The molecule has 2 heterocycles. The third-order valence-corrected chi connectivity index (χ3v) is 6.83. The fourth-order valence-corrected chi connectivity index (χ4v) is 5.30. The minimum atomic E-state index is 0.0133. The van der Waals surface area contributed by atoms with Crippen molar-refractivity contribution in [2.75, 3.05) is 0 Å². The van der Waals surface area contributed by atoms with E-state index in [1.165, 1.54) is 0 Å². The minimum absolute atomic E-state index is 0.0133. The van der Waals surface area contributed by atoms with Crippen LogP contribution in [0.5, 0.6) is 11.5 Å². The smallest absolute Gasteiger partial charge is 0.162 e. The molecule has 0 atom stereocenters. The van der Waals surface area contributed by atoms with E-state index in [1.54, 1.807) is 38.1 Å². The lowest BCUT2D eigenvalue weighted by molar-refractivity contribution is 0.101. The number of nitrogens with zero attached hydrogens (tertiary/aromatic N) is 2. The first kappa shape index (κ1) is 23.6. The number of aryl methyl sites for hydroxylation is 2. The maximum atomic E-state index is 12.2. The second-order valence-electron chi connectivity index (χ2n) is 9.15. The van der Waals surface area contributed by atoms with Gasteiger partial charge < -0.3 is 19.3 Å². The predicted octanol–water partition coefficient (Wildman–Crippen LogP) is 6.29. The second-order valence-corrected chi connectivity index (χ2v) is 9.15. The number of ketones is 2. The van der Waals surface area contributed by atoms with Crippen LogP contribution in [0.3, 0.4) is 0 Å². The first-order valence-corrected chi connectivity index (χ1v) is 11.9. The molecule has 0 spiro atoms. The zero-order valence-corrected chi connectivity index (χ0v) is 20.3. The molecule has 2 aromatic carbocycles. The van der Waals surface area contributed by atoms with Crippen LogP contribution in [0, 0.1) is 13.8 Å². The molecule has 0 aliphatic carbocycles. The summed E-state index contributed by atoms with van der Waals surface area (Å²) >= 11 is 0. The van der Waals surface area contributed by atoms with Crippen LogP contribution in [-0.2, 0) is 13.1 Å². The van der Waals surface area contributed by atoms with Gasteiger partial charge in [0, 0.05) is 57.4 Å². The SMILES string of the molecule is CC(=O)c1c(C)n(CCCCCCn2c(C)c(C(C)=O)c3cc(O)ccc32)c2ccc(O)cc12. The van der Waals surface area contributed by atoms with Gasteiger partial charge in [0.1, 0.15) is 11.5 Å². The van der Waals surface area contributed by atoms with Crippen molar-refractivity contribution in [2.24, 2.45) is 0 Å². The van der Waals surface area contributed by atoms with Gasteiger partial charge in [-0.3, -0.25) is 9.59 Å². The summed E-state index contributed by atoms with van der Waals surface area (Å²) in [5.41, 5.74) is 5.23. The summed E-state index contributed by atoms with van der Waals surface area (Å²) in [5.74, 6) is 0.366. The zero-order valence-electron chi connectivity index (χ0n) is 20.3. The molecule has 0 saturated carbocycles. The standard InChI is InChI=1S/C28H32N2O4/c1-17-27(19(3)31)23-15-21(33)9-11-25(23)29(17)13-7-5-6-8-14-30-18(2)28(20(4)32)24-16-22(34)10-12-26(24)30/h9-12,15-16,33-34H,5-8,13-14H2,1-4H3. The highest BCUT2D eigenvalue weighted by Gasteiger charge is 2.19. The Labute approximate surface area is 199 Å². The molecule has 0 saturated heterocycles. The van der Waals surface area contributed by atoms with Gasteiger partial charge in [-0.15, -0.1) is 0 Å². The summed E-state index contributed by atoms with van der Waals surface area (Å²) in [7, 11) is 0. The number of hydrogen-bond acceptors (Lipinski definition) is 4. The molecule has 6 nitrogen and oxygen atoms in total. The van der Waals surface area contributed by atoms with Crippen molar-refractivity contribution < 1.29 is 19.8 Å². The normalized spacial score (nSPS) is 11.5. The Morgan fingerprint density at radius 2 is 1.06 bits per heavy atom. The molecule has 34 heavy (non-hydrogen) atoms. The maximum Gasteiger partial charge on any atom is 0.162 e. The number of carbonyl (C=O) groups excluding carboxylic acids is 2. The number of rotatable bonds is 9. The van der Waals surface area contributed by atoms with Gasteiger partial charge in [-0.25, -0.2) is 0 Å². The second kappa shape index (κ2) is 9.37. The van der Waals surface area contributed by atoms with Crippen LogP contribution in [0.4, 0.5) is 0 Å². The molecule has 0 amide bonds. The number of unbranched alkanes of at least 4 members (excludes halogenated alkanes) is 3. The van der Waals surface area contributed by atoms with Crippen LogP contribution in [-0.4, -0.2) is 30.9 Å². The van der Waals surface area contributed by atoms with Crippen molar-refractivity contribution in [1.29, 1.82) is 0 Å². The fraction of sp³-hybridized carbons (Fsp3) is 0.357. The van der Waals surface area contributed by atoms with Gasteiger partial charge in [0.05, 0.1) is 0 Å². The lowest BCUT2D eigenvalue weighted by atomic mass is 10.1. The fourth-order valence-electron chi connectivity index (χ4n) is 5.30. The zero-order chi connectivity index (χ0) is 24.6. The lowest BCUT2D eigenvalue weighted by Gasteiger charge is -2.10. The van der Waals surface area contributed by atoms with Crippen molar-refractivity contribution in [2.45, 2.75) is 66.5 Å². The van der Waals surface area contributed by atoms with E-state index in [0.29, 0.717) is 11.1 Å². The molecule has 6 heteroatoms. The van der Waals surface area contributed by atoms with Crippen molar-refractivity contribution >= 4 is 33.4 Å². The highest BCUT2D eigenvalue weighted by Crippen LogP contribution is 2.31. The molecular formula is C28H32N2O4. The molecule has 0 bridgehead atoms. The van der Waals surface area contributed by atoms with E-state index in [2.05, 4.69) is 9.13 Å². The number of aromatic nitrogens is 2. The van der Waals surface area contributed by atoms with E-state index in [-0.39, 0.29) is 23.1 Å². The van der Waals surface area contributed by atoms with Crippen LogP contribution in [0.15, 0.2) is 36.4 Å². The number of aromatic hydroxyl groups is 2. The molecule has 0 aliphatic heterocycles. The van der Waals surface area contributed by atoms with Crippen molar-refractivity contribution in [3.05, 3.63) is 58.9 Å². The largest absolute Gasteiger partial charge is 0.508 e. The van der Waals surface area contributed by atoms with Crippen molar-refractivity contribution in [3.63, 3.8) is 0 Å². The Morgan fingerprint density at radius 1 is 0.676 bits per heavy atom. The number of carbonyl (C=O) groups is 2. The highest BCUT2D eigenvalue weighted by molar-refractivity contribution is 6.09. The van der Waals surface area contributed by atoms with E-state index >= 15 is 0 Å². The molecule has 0 aliphatic rings. The summed E-state index contributed by atoms with van der Waals surface area (Å²) in [6.45, 7) is 8.72. The molecular weight excluding hydrogens is 428 g/mol. The summed E-state index contributed by atoms with van der Waals surface area (Å²) in [5, 5.41) is 21.4. The Balaban J connectivity index is 1.41. The minimum Gasteiger partial charge on any atom is -0.508 e. The average Bonchev–Trinajstić information content (AvgIpc) is 3.19. The van der Waals surface area contributed by atoms with Gasteiger partial charge in [-0.05, 0) is 76.9 Å². The molecule has 0 fully saturated rings. The van der Waals surface area contributed by atoms with Gasteiger partial charge in [0.15, 0.2) is 11.6 Å². The summed E-state index contributed by atoms with van der Waals surface area (Å²) in [6.07, 6.45) is 4.07. The van der Waals surface area contributed by atoms with E-state index in [1.807, 2.05) is 26.0 Å². The third kappa shape index (κ3) is 4.20. The molecule has 0 unspecified atom stereocenters. The number of phenols is 2. The molecule has 2 aromatic heterocycles. The van der Waals surface area contributed by atoms with Gasteiger partial charge >= 0.3 is 0 Å². The first-order chi connectivity index (χ1) is 16.2. The summed E-state index contributed by atoms with van der Waals surface area (Å²) in [4.78, 5) is 24.4. The predicted molar refractivity (Wildman–Crippen MR) is 135 cm³/mol. The number of fused-ring (bicyclic) bond motifs is 2. The summed E-state index contributed by atoms with van der Waals surface area (Å²) < 4.78 is 4.36. The molecule has 0 radical (unpaired) electrons. The van der Waals surface area contributed by atoms with Crippen LogP contribution in [0.2, 0.25) is 0 Å². The van der Waals surface area contributed by atoms with Crippen molar-refractivity contribution in [3.8, 4) is 11.5 Å². The average molecular weight is 461 g/mol.